The van der Waals surface area contributed by atoms with Crippen LogP contribution in [0.2, 0.25) is 5.02 Å². The van der Waals surface area contributed by atoms with E-state index in [9.17, 15) is 0 Å². The Labute approximate surface area is 120 Å². The van der Waals surface area contributed by atoms with E-state index in [1.807, 2.05) is 24.3 Å². The first-order chi connectivity index (χ1) is 8.34. The predicted octanol–water partition coefficient (Wildman–Crippen LogP) is 3.67. The van der Waals surface area contributed by atoms with Crippen molar-refractivity contribution in [3.8, 4) is 0 Å². The predicted molar refractivity (Wildman–Crippen MR) is 78.6 cm³/mol. The van der Waals surface area contributed by atoms with E-state index >= 15 is 0 Å². The Balaban J connectivity index is 0.00000162. The van der Waals surface area contributed by atoms with Crippen molar-refractivity contribution in [1.82, 2.24) is 5.32 Å². The number of nitrogens with one attached hydrogen (secondary N) is 1. The first-order valence-corrected chi connectivity index (χ1v) is 6.75. The maximum absolute atomic E-state index is 5.83. The number of hydrogen-bond donors (Lipinski definition) is 1. The molecule has 0 saturated carbocycles. The van der Waals surface area contributed by atoms with Gasteiger partial charge in [-0.15, -0.1) is 12.4 Å². The molecule has 102 valence electrons. The molecule has 0 radical (unpaired) electrons. The van der Waals surface area contributed by atoms with Gasteiger partial charge in [0.1, 0.15) is 0 Å². The minimum Gasteiger partial charge on any atom is -0.377 e. The van der Waals surface area contributed by atoms with Crippen molar-refractivity contribution in [1.29, 1.82) is 0 Å². The van der Waals surface area contributed by atoms with Gasteiger partial charge in [-0.25, -0.2) is 0 Å². The van der Waals surface area contributed by atoms with Gasteiger partial charge in [0.05, 0.1) is 6.61 Å². The second-order valence-corrected chi connectivity index (χ2v) is 5.10. The molecule has 1 aromatic rings. The Morgan fingerprint density at radius 3 is 2.50 bits per heavy atom. The minimum atomic E-state index is 0. The first-order valence-electron chi connectivity index (χ1n) is 6.37. The Hall–Kier alpha value is -0.280. The Kier molecular flexibility index (Phi) is 7.68. The summed E-state index contributed by atoms with van der Waals surface area (Å²) >= 11 is 5.83. The van der Waals surface area contributed by atoms with Gasteiger partial charge in [0.2, 0.25) is 0 Å². The van der Waals surface area contributed by atoms with E-state index < -0.39 is 0 Å². The zero-order valence-electron chi connectivity index (χ0n) is 10.5. The van der Waals surface area contributed by atoms with Gasteiger partial charge >= 0.3 is 0 Å². The van der Waals surface area contributed by atoms with Crippen LogP contribution in [-0.4, -0.2) is 19.7 Å². The number of benzene rings is 1. The highest BCUT2D eigenvalue weighted by molar-refractivity contribution is 6.30. The van der Waals surface area contributed by atoms with Crippen LogP contribution in [-0.2, 0) is 11.3 Å². The molecule has 2 rings (SSSR count). The number of ether oxygens (including phenoxy) is 1. The second kappa shape index (κ2) is 8.76. The molecule has 0 spiro atoms. The third kappa shape index (κ3) is 5.57. The molecule has 1 N–H and O–H groups in total. The summed E-state index contributed by atoms with van der Waals surface area (Å²) < 4.78 is 5.70. The Morgan fingerprint density at radius 1 is 1.17 bits per heavy atom. The summed E-state index contributed by atoms with van der Waals surface area (Å²) in [6.45, 7) is 3.90. The van der Waals surface area contributed by atoms with E-state index in [1.165, 1.54) is 37.9 Å². The van der Waals surface area contributed by atoms with Crippen molar-refractivity contribution in [2.45, 2.75) is 25.9 Å². The molecular formula is C14H21Cl2NO. The van der Waals surface area contributed by atoms with Gasteiger partial charge in [-0.1, -0.05) is 23.7 Å². The highest BCUT2D eigenvalue weighted by Gasteiger charge is 2.12. The second-order valence-electron chi connectivity index (χ2n) is 4.66. The van der Waals surface area contributed by atoms with Crippen LogP contribution >= 0.6 is 24.0 Å². The van der Waals surface area contributed by atoms with Gasteiger partial charge in [-0.3, -0.25) is 0 Å². The van der Waals surface area contributed by atoms with Crippen molar-refractivity contribution in [2.24, 2.45) is 5.92 Å². The molecule has 0 aliphatic carbocycles. The molecule has 4 heteroatoms. The zero-order chi connectivity index (χ0) is 11.9. The van der Waals surface area contributed by atoms with E-state index in [1.54, 1.807) is 0 Å². The maximum atomic E-state index is 5.83. The zero-order valence-corrected chi connectivity index (χ0v) is 12.1. The smallest absolute Gasteiger partial charge is 0.0716 e. The average Bonchev–Trinajstić information content (AvgIpc) is 2.38. The first kappa shape index (κ1) is 15.8. The lowest BCUT2D eigenvalue weighted by Gasteiger charge is -2.22. The van der Waals surface area contributed by atoms with E-state index in [0.717, 1.165) is 17.5 Å². The van der Waals surface area contributed by atoms with Crippen LogP contribution < -0.4 is 5.32 Å². The number of hydrogen-bond acceptors (Lipinski definition) is 2. The molecule has 1 heterocycles. The summed E-state index contributed by atoms with van der Waals surface area (Å²) in [6.07, 6.45) is 3.78. The van der Waals surface area contributed by atoms with Crippen molar-refractivity contribution >= 4 is 24.0 Å². The molecule has 0 amide bonds. The fourth-order valence-corrected chi connectivity index (χ4v) is 2.32. The van der Waals surface area contributed by atoms with Crippen LogP contribution in [0.3, 0.4) is 0 Å². The van der Waals surface area contributed by atoms with Gasteiger partial charge in [0.25, 0.3) is 0 Å². The molecule has 1 fully saturated rings. The quantitative estimate of drug-likeness (QED) is 0.835. The summed E-state index contributed by atoms with van der Waals surface area (Å²) in [5, 5.41) is 4.16. The summed E-state index contributed by atoms with van der Waals surface area (Å²) in [4.78, 5) is 0. The number of piperidine rings is 1. The van der Waals surface area contributed by atoms with Crippen LogP contribution in [0.25, 0.3) is 0 Å². The Bertz CT molecular complexity index is 323. The summed E-state index contributed by atoms with van der Waals surface area (Å²) in [5.41, 5.74) is 1.19. The summed E-state index contributed by atoms with van der Waals surface area (Å²) in [5.74, 6) is 0.849. The minimum absolute atomic E-state index is 0. The molecule has 18 heavy (non-hydrogen) atoms. The van der Waals surface area contributed by atoms with E-state index in [0.29, 0.717) is 6.61 Å². The maximum Gasteiger partial charge on any atom is 0.0716 e. The highest BCUT2D eigenvalue weighted by Crippen LogP contribution is 2.16. The van der Waals surface area contributed by atoms with E-state index in [2.05, 4.69) is 5.32 Å². The van der Waals surface area contributed by atoms with Crippen LogP contribution in [0, 0.1) is 5.92 Å². The van der Waals surface area contributed by atoms with Crippen LogP contribution in [0.4, 0.5) is 0 Å². The highest BCUT2D eigenvalue weighted by atomic mass is 35.5. The molecule has 2 nitrogen and oxygen atoms in total. The largest absolute Gasteiger partial charge is 0.377 e. The lowest BCUT2D eigenvalue weighted by Crippen LogP contribution is -2.28. The van der Waals surface area contributed by atoms with Gasteiger partial charge in [-0.2, -0.15) is 0 Å². The molecule has 0 unspecified atom stereocenters. The lowest BCUT2D eigenvalue weighted by atomic mass is 9.95. The molecular weight excluding hydrogens is 269 g/mol. The topological polar surface area (TPSA) is 21.3 Å². The fourth-order valence-electron chi connectivity index (χ4n) is 2.19. The standard InChI is InChI=1S/C14H20ClNO.ClH/c15-14-3-1-13(2-4-14)11-17-10-7-12-5-8-16-9-6-12;/h1-4,12,16H,5-11H2;1H. The third-order valence-electron chi connectivity index (χ3n) is 3.31. The summed E-state index contributed by atoms with van der Waals surface area (Å²) in [7, 11) is 0. The molecule has 1 aliphatic heterocycles. The van der Waals surface area contributed by atoms with Crippen molar-refractivity contribution in [2.75, 3.05) is 19.7 Å². The molecule has 0 aromatic heterocycles. The number of rotatable bonds is 5. The molecule has 1 saturated heterocycles. The van der Waals surface area contributed by atoms with Gasteiger partial charge in [0, 0.05) is 11.6 Å². The molecule has 1 aromatic carbocycles. The van der Waals surface area contributed by atoms with Crippen LogP contribution in [0.1, 0.15) is 24.8 Å². The van der Waals surface area contributed by atoms with Gasteiger partial charge < -0.3 is 10.1 Å². The van der Waals surface area contributed by atoms with Crippen LogP contribution in [0.5, 0.6) is 0 Å². The van der Waals surface area contributed by atoms with Crippen molar-refractivity contribution in [3.63, 3.8) is 0 Å². The average molecular weight is 290 g/mol. The normalized spacial score (nSPS) is 16.3. The van der Waals surface area contributed by atoms with Crippen LogP contribution in [0.15, 0.2) is 24.3 Å². The molecule has 0 bridgehead atoms. The van der Waals surface area contributed by atoms with Gasteiger partial charge in [-0.05, 0) is 56.0 Å². The SMILES string of the molecule is Cl.Clc1ccc(COCCC2CCNCC2)cc1. The molecule has 0 atom stereocenters. The van der Waals surface area contributed by atoms with E-state index in [-0.39, 0.29) is 12.4 Å². The van der Waals surface area contributed by atoms with Crippen molar-refractivity contribution in [3.05, 3.63) is 34.9 Å². The molecule has 1 aliphatic rings. The Morgan fingerprint density at radius 2 is 1.83 bits per heavy atom. The van der Waals surface area contributed by atoms with E-state index in [4.69, 9.17) is 16.3 Å². The third-order valence-corrected chi connectivity index (χ3v) is 3.56. The monoisotopic (exact) mass is 289 g/mol. The summed E-state index contributed by atoms with van der Waals surface area (Å²) in [6, 6.07) is 7.86. The van der Waals surface area contributed by atoms with Gasteiger partial charge in [0.15, 0.2) is 0 Å². The number of halogens is 2. The fraction of sp³-hybridized carbons (Fsp3) is 0.571. The lowest BCUT2D eigenvalue weighted by molar-refractivity contribution is 0.103. The van der Waals surface area contributed by atoms with Crippen molar-refractivity contribution < 1.29 is 4.74 Å².